The average Bonchev–Trinajstić information content (AvgIpc) is 2.77. The van der Waals surface area contributed by atoms with Crippen molar-refractivity contribution >= 4 is 22.8 Å². The lowest BCUT2D eigenvalue weighted by Gasteiger charge is -2.13. The molecule has 0 unspecified atom stereocenters. The van der Waals surface area contributed by atoms with Crippen LogP contribution in [-0.2, 0) is 0 Å². The third-order valence-electron chi connectivity index (χ3n) is 4.80. The van der Waals surface area contributed by atoms with E-state index in [0.717, 1.165) is 33.9 Å². The van der Waals surface area contributed by atoms with Crippen LogP contribution in [0, 0.1) is 13.8 Å². The summed E-state index contributed by atoms with van der Waals surface area (Å²) in [7, 11) is 0. The van der Waals surface area contributed by atoms with Crippen molar-refractivity contribution in [2.24, 2.45) is 9.98 Å². The maximum atomic E-state index is 5.06. The van der Waals surface area contributed by atoms with Crippen LogP contribution in [0.25, 0.3) is 0 Å². The molecule has 0 saturated heterocycles. The van der Waals surface area contributed by atoms with Crippen molar-refractivity contribution in [1.82, 2.24) is 0 Å². The zero-order valence-corrected chi connectivity index (χ0v) is 17.3. The van der Waals surface area contributed by atoms with Crippen LogP contribution in [0.2, 0.25) is 0 Å². The molecule has 0 aliphatic rings. The number of para-hydroxylation sites is 2. The standard InChI is InChI=1S/C28H24N2/c1-21-11-9-13-23(19-21)27(29-25-15-5-3-6-16-25)28(24-14-10-12-22(2)20-24)30-26-17-7-4-8-18-26/h3-20H,1-2H3. The normalized spacial score (nSPS) is 12.1. The Hall–Kier alpha value is -3.78. The summed E-state index contributed by atoms with van der Waals surface area (Å²) in [6.07, 6.45) is 0. The Morgan fingerprint density at radius 1 is 0.467 bits per heavy atom. The van der Waals surface area contributed by atoms with E-state index in [4.69, 9.17) is 9.98 Å². The molecule has 2 heteroatoms. The molecule has 0 aliphatic heterocycles. The number of rotatable bonds is 5. The Bertz CT molecular complexity index is 1090. The molecule has 0 heterocycles. The van der Waals surface area contributed by atoms with Crippen LogP contribution >= 0.6 is 0 Å². The maximum absolute atomic E-state index is 5.06. The molecule has 0 aliphatic carbocycles. The number of aliphatic imine (C=N–C) groups is 2. The van der Waals surface area contributed by atoms with Gasteiger partial charge in [0.15, 0.2) is 0 Å². The highest BCUT2D eigenvalue weighted by Crippen LogP contribution is 2.21. The second kappa shape index (κ2) is 9.15. The van der Waals surface area contributed by atoms with Crippen LogP contribution in [0.5, 0.6) is 0 Å². The third-order valence-corrected chi connectivity index (χ3v) is 4.80. The summed E-state index contributed by atoms with van der Waals surface area (Å²) < 4.78 is 0. The van der Waals surface area contributed by atoms with Crippen molar-refractivity contribution in [1.29, 1.82) is 0 Å². The zero-order valence-electron chi connectivity index (χ0n) is 17.3. The average molecular weight is 389 g/mol. The Morgan fingerprint density at radius 2 is 0.867 bits per heavy atom. The number of aryl methyl sites for hydroxylation is 2. The summed E-state index contributed by atoms with van der Waals surface area (Å²) in [6, 6.07) is 37.0. The molecule has 0 atom stereocenters. The second-order valence-corrected chi connectivity index (χ2v) is 7.33. The Kier molecular flexibility index (Phi) is 5.95. The van der Waals surface area contributed by atoms with Crippen LogP contribution in [-0.4, -0.2) is 11.4 Å². The van der Waals surface area contributed by atoms with Gasteiger partial charge < -0.3 is 0 Å². The molecule has 0 saturated carbocycles. The van der Waals surface area contributed by atoms with Crippen molar-refractivity contribution in [3.05, 3.63) is 131 Å². The number of benzene rings is 4. The van der Waals surface area contributed by atoms with Crippen molar-refractivity contribution in [3.63, 3.8) is 0 Å². The first-order valence-electron chi connectivity index (χ1n) is 10.1. The summed E-state index contributed by atoms with van der Waals surface area (Å²) in [5, 5.41) is 0. The largest absolute Gasteiger partial charge is 0.246 e. The van der Waals surface area contributed by atoms with E-state index < -0.39 is 0 Å². The fraction of sp³-hybridized carbons (Fsp3) is 0.0714. The van der Waals surface area contributed by atoms with Gasteiger partial charge in [0.1, 0.15) is 0 Å². The van der Waals surface area contributed by atoms with Gasteiger partial charge in [-0.15, -0.1) is 0 Å². The molecule has 4 aromatic rings. The lowest BCUT2D eigenvalue weighted by Crippen LogP contribution is -2.17. The van der Waals surface area contributed by atoms with E-state index in [1.165, 1.54) is 11.1 Å². The number of hydrogen-bond donors (Lipinski definition) is 0. The van der Waals surface area contributed by atoms with Gasteiger partial charge in [0, 0.05) is 11.1 Å². The van der Waals surface area contributed by atoms with Crippen LogP contribution < -0.4 is 0 Å². The third kappa shape index (κ3) is 4.79. The lowest BCUT2D eigenvalue weighted by atomic mass is 9.97. The molecule has 4 aromatic carbocycles. The van der Waals surface area contributed by atoms with Crippen LogP contribution in [0.3, 0.4) is 0 Å². The fourth-order valence-corrected chi connectivity index (χ4v) is 3.36. The number of hydrogen-bond acceptors (Lipinski definition) is 2. The van der Waals surface area contributed by atoms with E-state index in [2.05, 4.69) is 62.4 Å². The highest BCUT2D eigenvalue weighted by Gasteiger charge is 2.16. The molecule has 0 bridgehead atoms. The monoisotopic (exact) mass is 388 g/mol. The van der Waals surface area contributed by atoms with E-state index in [1.54, 1.807) is 0 Å². The predicted octanol–water partition coefficient (Wildman–Crippen LogP) is 7.25. The smallest absolute Gasteiger partial charge is 0.0972 e. The molecule has 0 amide bonds. The van der Waals surface area contributed by atoms with Crippen molar-refractivity contribution in [3.8, 4) is 0 Å². The zero-order chi connectivity index (χ0) is 20.8. The van der Waals surface area contributed by atoms with Gasteiger partial charge >= 0.3 is 0 Å². The summed E-state index contributed by atoms with van der Waals surface area (Å²) in [6.45, 7) is 4.20. The maximum Gasteiger partial charge on any atom is 0.0972 e. The molecule has 146 valence electrons. The van der Waals surface area contributed by atoms with Gasteiger partial charge in [-0.2, -0.15) is 0 Å². The first-order valence-corrected chi connectivity index (χ1v) is 10.1. The highest BCUT2D eigenvalue weighted by molar-refractivity contribution is 6.54. The topological polar surface area (TPSA) is 24.7 Å². The van der Waals surface area contributed by atoms with Gasteiger partial charge in [-0.25, -0.2) is 9.98 Å². The molecule has 30 heavy (non-hydrogen) atoms. The van der Waals surface area contributed by atoms with E-state index in [-0.39, 0.29) is 0 Å². The minimum atomic E-state index is 0.861. The van der Waals surface area contributed by atoms with Crippen molar-refractivity contribution < 1.29 is 0 Å². The molecular weight excluding hydrogens is 364 g/mol. The molecule has 0 N–H and O–H groups in total. The van der Waals surface area contributed by atoms with Crippen LogP contribution in [0.4, 0.5) is 11.4 Å². The minimum absolute atomic E-state index is 0.861. The second-order valence-electron chi connectivity index (χ2n) is 7.33. The van der Waals surface area contributed by atoms with Crippen molar-refractivity contribution in [2.45, 2.75) is 13.8 Å². The quantitative estimate of drug-likeness (QED) is 0.322. The van der Waals surface area contributed by atoms with Gasteiger partial charge in [-0.05, 0) is 50.2 Å². The Morgan fingerprint density at radius 3 is 1.23 bits per heavy atom. The van der Waals surface area contributed by atoms with Crippen molar-refractivity contribution in [2.75, 3.05) is 0 Å². The Balaban J connectivity index is 1.98. The van der Waals surface area contributed by atoms with Gasteiger partial charge in [-0.1, -0.05) is 83.9 Å². The van der Waals surface area contributed by atoms with Crippen LogP contribution in [0.15, 0.2) is 119 Å². The highest BCUT2D eigenvalue weighted by atomic mass is 14.8. The summed E-state index contributed by atoms with van der Waals surface area (Å²) in [4.78, 5) is 10.1. The molecule has 2 nitrogen and oxygen atoms in total. The molecular formula is C28H24N2. The molecule has 0 fully saturated rings. The summed E-state index contributed by atoms with van der Waals surface area (Å²) in [5.41, 5.74) is 8.02. The van der Waals surface area contributed by atoms with Gasteiger partial charge in [0.05, 0.1) is 22.8 Å². The summed E-state index contributed by atoms with van der Waals surface area (Å²) in [5.74, 6) is 0. The van der Waals surface area contributed by atoms with E-state index in [0.29, 0.717) is 0 Å². The molecule has 4 rings (SSSR count). The summed E-state index contributed by atoms with van der Waals surface area (Å²) >= 11 is 0. The first kappa shape index (κ1) is 19.5. The SMILES string of the molecule is Cc1cccc(C(=Nc2ccccc2)C(=Nc2ccccc2)c2cccc(C)c2)c1. The van der Waals surface area contributed by atoms with E-state index in [1.807, 2.05) is 60.7 Å². The fourth-order valence-electron chi connectivity index (χ4n) is 3.36. The molecule has 0 radical (unpaired) electrons. The molecule has 0 spiro atoms. The van der Waals surface area contributed by atoms with Gasteiger partial charge in [0.25, 0.3) is 0 Å². The first-order chi connectivity index (χ1) is 14.7. The predicted molar refractivity (Wildman–Crippen MR) is 128 cm³/mol. The van der Waals surface area contributed by atoms with E-state index in [9.17, 15) is 0 Å². The van der Waals surface area contributed by atoms with Gasteiger partial charge in [-0.3, -0.25) is 0 Å². The lowest BCUT2D eigenvalue weighted by molar-refractivity contribution is 1.42. The van der Waals surface area contributed by atoms with E-state index >= 15 is 0 Å². The van der Waals surface area contributed by atoms with Crippen LogP contribution in [0.1, 0.15) is 22.3 Å². The minimum Gasteiger partial charge on any atom is -0.246 e. The molecule has 0 aromatic heterocycles. The van der Waals surface area contributed by atoms with Gasteiger partial charge in [0.2, 0.25) is 0 Å². The Labute approximate surface area is 178 Å². The number of nitrogens with zero attached hydrogens (tertiary/aromatic N) is 2.